The number of hydrogen-bond donors (Lipinski definition) is 0. The van der Waals surface area contributed by atoms with Gasteiger partial charge in [-0.2, -0.15) is 0 Å². The second-order valence-electron chi connectivity index (χ2n) is 15.9. The van der Waals surface area contributed by atoms with Gasteiger partial charge in [0.25, 0.3) is 0 Å². The number of rotatable bonds is 39. The van der Waals surface area contributed by atoms with Gasteiger partial charge in [-0.15, -0.1) is 0 Å². The molecule has 0 N–H and O–H groups in total. The van der Waals surface area contributed by atoms with Crippen molar-refractivity contribution < 1.29 is 38.2 Å². The van der Waals surface area contributed by atoms with E-state index in [1.54, 1.807) is 21.1 Å². The fourth-order valence-corrected chi connectivity index (χ4v) is 6.08. The van der Waals surface area contributed by atoms with Crippen molar-refractivity contribution in [3.63, 3.8) is 0 Å². The van der Waals surface area contributed by atoms with E-state index in [4.69, 9.17) is 14.2 Å². The van der Waals surface area contributed by atoms with Crippen LogP contribution in [0.5, 0.6) is 0 Å². The van der Waals surface area contributed by atoms with Crippen molar-refractivity contribution >= 4 is 17.9 Å². The average Bonchev–Trinajstić information content (AvgIpc) is 3.17. The van der Waals surface area contributed by atoms with Crippen LogP contribution >= 0.6 is 0 Å². The predicted octanol–water partition coefficient (Wildman–Crippen LogP) is 11.0. The molecule has 0 aliphatic carbocycles. The molecule has 0 aromatic rings. The zero-order valence-corrected chi connectivity index (χ0v) is 37.0. The van der Waals surface area contributed by atoms with Gasteiger partial charge in [0.2, 0.25) is 0 Å². The molecule has 0 aliphatic rings. The lowest BCUT2D eigenvalue weighted by atomic mass is 10.1. The molecular weight excluding hydrogens is 715 g/mol. The lowest BCUT2D eigenvalue weighted by Gasteiger charge is -2.34. The number of quaternary nitrogens is 1. The van der Waals surface area contributed by atoms with Crippen molar-refractivity contribution in [2.45, 2.75) is 180 Å². The van der Waals surface area contributed by atoms with Crippen molar-refractivity contribution in [1.29, 1.82) is 0 Å². The van der Waals surface area contributed by atoms with Crippen LogP contribution in [0.25, 0.3) is 0 Å². The highest BCUT2D eigenvalue weighted by Gasteiger charge is 2.25. The lowest BCUT2D eigenvalue weighted by Crippen LogP contribution is -2.55. The molecule has 326 valence electrons. The van der Waals surface area contributed by atoms with E-state index in [9.17, 15) is 19.5 Å². The first-order chi connectivity index (χ1) is 27.6. The van der Waals surface area contributed by atoms with Crippen molar-refractivity contribution in [3.8, 4) is 0 Å². The van der Waals surface area contributed by atoms with Crippen LogP contribution in [0.3, 0.4) is 0 Å². The Morgan fingerprint density at radius 2 is 0.982 bits per heavy atom. The molecule has 2 unspecified atom stereocenters. The maximum atomic E-state index is 12.7. The normalized spacial score (nSPS) is 13.6. The molecular formula is C49H83NO7. The Kier molecular flexibility index (Phi) is 37.3. The Balaban J connectivity index is 4.39. The molecule has 0 saturated carbocycles. The van der Waals surface area contributed by atoms with E-state index >= 15 is 0 Å². The molecule has 0 amide bonds. The molecule has 0 aromatic carbocycles. The summed E-state index contributed by atoms with van der Waals surface area (Å²) in [7, 11) is 5.39. The molecule has 0 spiro atoms. The summed E-state index contributed by atoms with van der Waals surface area (Å²) < 4.78 is 17.1. The summed E-state index contributed by atoms with van der Waals surface area (Å²) in [5, 5.41) is 11.6. The van der Waals surface area contributed by atoms with Crippen LogP contribution in [-0.4, -0.2) is 75.5 Å². The highest BCUT2D eigenvalue weighted by molar-refractivity contribution is 5.70. The van der Waals surface area contributed by atoms with Crippen LogP contribution in [0.4, 0.5) is 0 Å². The van der Waals surface area contributed by atoms with Crippen LogP contribution in [0.15, 0.2) is 72.9 Å². The third kappa shape index (κ3) is 38.1. The molecule has 8 nitrogen and oxygen atoms in total. The number of carbonyl (C=O) groups is 3. The summed E-state index contributed by atoms with van der Waals surface area (Å²) in [5.74, 6) is -1.78. The van der Waals surface area contributed by atoms with E-state index in [1.807, 2.05) is 0 Å². The lowest BCUT2D eigenvalue weighted by molar-refractivity contribution is -0.889. The van der Waals surface area contributed by atoms with Gasteiger partial charge in [-0.25, -0.2) is 0 Å². The quantitative estimate of drug-likeness (QED) is 0.0264. The fourth-order valence-electron chi connectivity index (χ4n) is 6.08. The third-order valence-corrected chi connectivity index (χ3v) is 9.58. The molecule has 2 atom stereocenters. The first kappa shape index (κ1) is 53.8. The molecule has 0 radical (unpaired) electrons. The molecule has 0 bridgehead atoms. The van der Waals surface area contributed by atoms with Gasteiger partial charge in [0.05, 0.1) is 40.3 Å². The zero-order valence-electron chi connectivity index (χ0n) is 37.0. The first-order valence-corrected chi connectivity index (χ1v) is 22.5. The first-order valence-electron chi connectivity index (χ1n) is 22.5. The second-order valence-corrected chi connectivity index (χ2v) is 15.9. The van der Waals surface area contributed by atoms with E-state index in [0.29, 0.717) is 12.8 Å². The van der Waals surface area contributed by atoms with Crippen molar-refractivity contribution in [3.05, 3.63) is 72.9 Å². The SMILES string of the molecule is CC/C=C\C/C=C\C/C=C\C/C=C\CCCCCCCCC(=O)OC(COCCC(C(=O)[O-])[N+](C)(C)C)COC(=O)CCCCCCC/C=C\C/C=C\CCCC. The highest BCUT2D eigenvalue weighted by atomic mass is 16.6. The number of carboxylic acid groups (broad SMARTS) is 1. The number of carbonyl (C=O) groups excluding carboxylic acids is 3. The topological polar surface area (TPSA) is 102 Å². The number of aliphatic carboxylic acids is 1. The summed E-state index contributed by atoms with van der Waals surface area (Å²) in [4.78, 5) is 36.9. The highest BCUT2D eigenvalue weighted by Crippen LogP contribution is 2.13. The fraction of sp³-hybridized carbons (Fsp3) is 0.694. The molecule has 0 heterocycles. The molecule has 0 saturated heterocycles. The average molecular weight is 798 g/mol. The number of unbranched alkanes of at least 4 members (excludes halogenated alkanes) is 13. The van der Waals surface area contributed by atoms with E-state index in [2.05, 4.69) is 86.8 Å². The minimum Gasteiger partial charge on any atom is -0.544 e. The van der Waals surface area contributed by atoms with Gasteiger partial charge in [-0.05, 0) is 77.0 Å². The Bertz CT molecular complexity index is 1160. The van der Waals surface area contributed by atoms with E-state index < -0.39 is 18.1 Å². The Morgan fingerprint density at radius 1 is 0.544 bits per heavy atom. The van der Waals surface area contributed by atoms with Crippen molar-refractivity contribution in [2.24, 2.45) is 0 Å². The van der Waals surface area contributed by atoms with Crippen LogP contribution < -0.4 is 5.11 Å². The van der Waals surface area contributed by atoms with Gasteiger partial charge in [0.15, 0.2) is 6.10 Å². The number of likely N-dealkylation sites (N-methyl/N-ethyl adjacent to an activating group) is 1. The van der Waals surface area contributed by atoms with Crippen LogP contribution in [0.1, 0.15) is 168 Å². The molecule has 0 aliphatic heterocycles. The van der Waals surface area contributed by atoms with Crippen LogP contribution in [0.2, 0.25) is 0 Å². The molecule has 0 fully saturated rings. The summed E-state index contributed by atoms with van der Waals surface area (Å²) in [5.41, 5.74) is 0. The standard InChI is InChI=1S/C49H83NO7/c1-6-8-10-12-14-16-18-20-22-23-24-25-26-28-30-32-34-36-38-40-48(52)57-45(43-55-42-41-46(49(53)54)50(3,4)5)44-56-47(51)39-37-35-33-31-29-27-21-19-17-15-13-11-9-7-2/h8,10,13-16,19-22,24-25,45-46H,6-7,9,11-12,17-18,23,26-44H2,1-5H3/b10-8-,15-13-,16-14-,21-19-,22-20-,25-24-. The number of esters is 2. The summed E-state index contributed by atoms with van der Waals surface area (Å²) >= 11 is 0. The van der Waals surface area contributed by atoms with Crippen LogP contribution in [-0.2, 0) is 28.6 Å². The Morgan fingerprint density at radius 3 is 1.46 bits per heavy atom. The Hall–Kier alpha value is -3.23. The van der Waals surface area contributed by atoms with E-state index in [0.717, 1.165) is 103 Å². The Labute approximate surface area is 349 Å². The predicted molar refractivity (Wildman–Crippen MR) is 235 cm³/mol. The van der Waals surface area contributed by atoms with Crippen molar-refractivity contribution in [1.82, 2.24) is 0 Å². The van der Waals surface area contributed by atoms with Crippen LogP contribution in [0, 0.1) is 0 Å². The summed E-state index contributed by atoms with van der Waals surface area (Å²) in [6.07, 6.45) is 49.2. The maximum absolute atomic E-state index is 12.7. The van der Waals surface area contributed by atoms with Gasteiger partial charge < -0.3 is 28.6 Å². The minimum atomic E-state index is -1.13. The number of nitrogens with zero attached hydrogens (tertiary/aromatic N) is 1. The van der Waals surface area contributed by atoms with Gasteiger partial charge in [0, 0.05) is 19.3 Å². The van der Waals surface area contributed by atoms with Crippen molar-refractivity contribution in [2.75, 3.05) is 41.0 Å². The third-order valence-electron chi connectivity index (χ3n) is 9.58. The monoisotopic (exact) mass is 798 g/mol. The summed E-state index contributed by atoms with van der Waals surface area (Å²) in [6, 6.07) is -0.734. The van der Waals surface area contributed by atoms with Gasteiger partial charge in [-0.3, -0.25) is 9.59 Å². The van der Waals surface area contributed by atoms with E-state index in [1.165, 1.54) is 32.1 Å². The second kappa shape index (κ2) is 39.6. The molecule has 0 aromatic heterocycles. The van der Waals surface area contributed by atoms with Gasteiger partial charge in [0.1, 0.15) is 12.6 Å². The van der Waals surface area contributed by atoms with E-state index in [-0.39, 0.29) is 42.7 Å². The number of ether oxygens (including phenoxy) is 3. The van der Waals surface area contributed by atoms with Gasteiger partial charge >= 0.3 is 11.9 Å². The maximum Gasteiger partial charge on any atom is 0.306 e. The number of carboxylic acids is 1. The smallest absolute Gasteiger partial charge is 0.306 e. The molecule has 57 heavy (non-hydrogen) atoms. The zero-order chi connectivity index (χ0) is 42.1. The molecule has 0 rings (SSSR count). The van der Waals surface area contributed by atoms with Gasteiger partial charge in [-0.1, -0.05) is 145 Å². The molecule has 8 heteroatoms. The summed E-state index contributed by atoms with van der Waals surface area (Å²) in [6.45, 7) is 4.46. The number of hydrogen-bond acceptors (Lipinski definition) is 7. The largest absolute Gasteiger partial charge is 0.544 e. The number of allylic oxidation sites excluding steroid dienone is 12. The minimum absolute atomic E-state index is 0.0266.